The number of ether oxygens (including phenoxy) is 4. The van der Waals surface area contributed by atoms with Gasteiger partial charge in [0, 0.05) is 20.9 Å². The number of carbonyl (C=O) groups is 1. The fourth-order valence-corrected chi connectivity index (χ4v) is 12.2. The van der Waals surface area contributed by atoms with Crippen LogP contribution < -0.4 is 40.8 Å². The third-order valence-electron chi connectivity index (χ3n) is 12.5. The average Bonchev–Trinajstić information content (AvgIpc) is 3.41. The Morgan fingerprint density at radius 1 is 0.410 bits per heavy atom. The van der Waals surface area contributed by atoms with Crippen LogP contribution in [0.4, 0.5) is 43.9 Å². The van der Waals surface area contributed by atoms with Gasteiger partial charge >= 0.3 is 0 Å². The summed E-state index contributed by atoms with van der Waals surface area (Å²) >= 11 is 8.05. The first-order chi connectivity index (χ1) is 37.4. The SMILES string of the molecule is COc1c(F)cc([B-](c2cc(F)c(OC)c(F)c2)(c2cc(F)c(OC)c(F)c2)c2cc(F)c(OC)c(F)c2)cc1F.O=C(c1ccccc1)c1ccc(Sc2ccc([S+](c3ccc(F)cc3)c3ccc(F)cc3)cc2)c(Cl)c1. The summed E-state index contributed by atoms with van der Waals surface area (Å²) in [6, 6.07) is 40.7. The van der Waals surface area contributed by atoms with Gasteiger partial charge in [0.15, 0.2) is 90.0 Å². The Hall–Kier alpha value is -7.80. The minimum absolute atomic E-state index is 0.0722. The number of hydrogen-bond donors (Lipinski definition) is 0. The highest BCUT2D eigenvalue weighted by molar-refractivity contribution is 7.99. The molecule has 0 atom stereocenters. The van der Waals surface area contributed by atoms with Gasteiger partial charge in [0.25, 0.3) is 0 Å². The lowest BCUT2D eigenvalue weighted by Crippen LogP contribution is -2.75. The van der Waals surface area contributed by atoms with Gasteiger partial charge in [-0.25, -0.2) is 43.9 Å². The Labute approximate surface area is 453 Å². The zero-order valence-electron chi connectivity index (χ0n) is 41.3. The number of rotatable bonds is 15. The molecule has 9 aromatic rings. The minimum atomic E-state index is -3.59. The van der Waals surface area contributed by atoms with Crippen LogP contribution in [-0.2, 0) is 10.9 Å². The highest BCUT2D eigenvalue weighted by Gasteiger charge is 2.38. The van der Waals surface area contributed by atoms with E-state index in [1.807, 2.05) is 48.5 Å². The first-order valence-electron chi connectivity index (χ1n) is 23.1. The van der Waals surface area contributed by atoms with Crippen molar-refractivity contribution in [2.24, 2.45) is 0 Å². The predicted octanol–water partition coefficient (Wildman–Crippen LogP) is 13.3. The van der Waals surface area contributed by atoms with Gasteiger partial charge in [-0.05, 0) is 91.0 Å². The summed E-state index contributed by atoms with van der Waals surface area (Å²) in [7, 11) is 3.35. The summed E-state index contributed by atoms with van der Waals surface area (Å²) in [4.78, 5) is 17.5. The molecule has 0 unspecified atom stereocenters. The van der Waals surface area contributed by atoms with Crippen molar-refractivity contribution in [2.45, 2.75) is 24.5 Å². The molecule has 0 N–H and O–H groups in total. The predicted molar refractivity (Wildman–Crippen MR) is 283 cm³/mol. The Morgan fingerprint density at radius 2 is 0.731 bits per heavy atom. The van der Waals surface area contributed by atoms with Crippen LogP contribution in [0.2, 0.25) is 5.02 Å². The quantitative estimate of drug-likeness (QED) is 0.0441. The van der Waals surface area contributed by atoms with Gasteiger partial charge in [0.1, 0.15) is 17.8 Å². The molecule has 0 aliphatic heterocycles. The molecule has 0 aromatic heterocycles. The van der Waals surface area contributed by atoms with Gasteiger partial charge in [0.2, 0.25) is 0 Å². The van der Waals surface area contributed by atoms with Gasteiger partial charge in [-0.1, -0.05) is 102 Å². The molecule has 398 valence electrons. The molecule has 0 amide bonds. The van der Waals surface area contributed by atoms with Crippen molar-refractivity contribution >= 4 is 68.0 Å². The van der Waals surface area contributed by atoms with Crippen molar-refractivity contribution in [3.63, 3.8) is 0 Å². The van der Waals surface area contributed by atoms with Crippen molar-refractivity contribution in [3.05, 3.63) is 244 Å². The molecule has 0 heterocycles. The van der Waals surface area contributed by atoms with Gasteiger partial charge in [-0.2, -0.15) is 21.9 Å². The lowest BCUT2D eigenvalue weighted by molar-refractivity contribution is 0.103. The minimum Gasteiger partial charge on any atom is -0.491 e. The van der Waals surface area contributed by atoms with E-state index >= 15 is 35.1 Å². The Morgan fingerprint density at radius 3 is 1.04 bits per heavy atom. The van der Waals surface area contributed by atoms with E-state index in [-0.39, 0.29) is 17.4 Å². The van der Waals surface area contributed by atoms with Crippen LogP contribution in [0.15, 0.2) is 194 Å². The Bertz CT molecular complexity index is 3270. The summed E-state index contributed by atoms with van der Waals surface area (Å²) in [6.45, 7) is 0. The molecule has 0 saturated heterocycles. The number of carbonyl (C=O) groups excluding carboxylic acids is 1. The van der Waals surface area contributed by atoms with Crippen LogP contribution in [-0.4, -0.2) is 40.4 Å². The second-order valence-electron chi connectivity index (χ2n) is 17.1. The lowest BCUT2D eigenvalue weighted by Gasteiger charge is -2.44. The zero-order valence-corrected chi connectivity index (χ0v) is 43.6. The van der Waals surface area contributed by atoms with Gasteiger partial charge < -0.3 is 18.9 Å². The highest BCUT2D eigenvalue weighted by atomic mass is 35.5. The molecule has 9 aromatic carbocycles. The van der Waals surface area contributed by atoms with E-state index in [0.717, 1.165) is 52.9 Å². The lowest BCUT2D eigenvalue weighted by atomic mass is 9.13. The maximum atomic E-state index is 15.2. The van der Waals surface area contributed by atoms with Crippen LogP contribution in [0.1, 0.15) is 15.9 Å². The average molecular weight is 1130 g/mol. The molecule has 0 fully saturated rings. The molecule has 9 rings (SSSR count). The molecule has 78 heavy (non-hydrogen) atoms. The molecule has 19 heteroatoms. The summed E-state index contributed by atoms with van der Waals surface area (Å²) < 4.78 is 167. The van der Waals surface area contributed by atoms with Crippen molar-refractivity contribution in [1.82, 2.24) is 0 Å². The fourth-order valence-electron chi connectivity index (χ4n) is 9.05. The number of halogens is 11. The topological polar surface area (TPSA) is 54.0 Å². The van der Waals surface area contributed by atoms with Crippen LogP contribution in [0.5, 0.6) is 23.0 Å². The Kier molecular flexibility index (Phi) is 17.5. The molecule has 0 spiro atoms. The normalized spacial score (nSPS) is 11.2. The van der Waals surface area contributed by atoms with Gasteiger partial charge in [0.05, 0.1) is 44.4 Å². The number of hydrogen-bond acceptors (Lipinski definition) is 6. The second-order valence-corrected chi connectivity index (χ2v) is 20.6. The first-order valence-corrected chi connectivity index (χ1v) is 25.6. The van der Waals surface area contributed by atoms with Crippen LogP contribution >= 0.6 is 23.4 Å². The van der Waals surface area contributed by atoms with E-state index < -0.39 is 108 Å². The highest BCUT2D eigenvalue weighted by Crippen LogP contribution is 2.38. The molecule has 5 nitrogen and oxygen atoms in total. The second kappa shape index (κ2) is 24.3. The maximum Gasteiger partial charge on any atom is 0.193 e. The van der Waals surface area contributed by atoms with Crippen LogP contribution in [0.25, 0.3) is 0 Å². The number of ketones is 1. The third kappa shape index (κ3) is 11.6. The Balaban J connectivity index is 0.000000207. The summed E-state index contributed by atoms with van der Waals surface area (Å²) in [6.07, 6.45) is -3.59. The van der Waals surface area contributed by atoms with E-state index in [1.165, 1.54) is 36.0 Å². The standard InChI is InChI=1S/C31H20ClF2OS2.C28H20BF8O4/c32-29-20-22(31(35)21-4-2-1-3-5-21)6-19-30(29)36-25-11-17-28(18-12-25)37(26-13-7-23(33)8-14-26)27-15-9-24(34)10-16-27;1-38-25-17(30)5-13(6-18(25)31)29(14-7-19(32)26(39-2)20(33)8-14,15-9-21(34)27(40-3)22(35)10-15)16-11-23(36)28(41-4)24(37)12-16/h1-20H;5-12H,1-4H3/q+1;-1. The molecular weight excluding hydrogens is 1090 g/mol. The van der Waals surface area contributed by atoms with E-state index in [0.29, 0.717) is 64.7 Å². The summed E-state index contributed by atoms with van der Waals surface area (Å²) in [5.74, 6) is -14.7. The largest absolute Gasteiger partial charge is 0.491 e. The number of methoxy groups -OCH3 is 4. The summed E-state index contributed by atoms with van der Waals surface area (Å²) in [5.41, 5.74) is -0.906. The fraction of sp³-hybridized carbons (Fsp3) is 0.0678. The summed E-state index contributed by atoms with van der Waals surface area (Å²) in [5, 5.41) is 0.508. The van der Waals surface area contributed by atoms with E-state index in [1.54, 1.807) is 48.5 Å². The first kappa shape index (κ1) is 56.4. The smallest absolute Gasteiger partial charge is 0.193 e. The van der Waals surface area contributed by atoms with Crippen molar-refractivity contribution in [1.29, 1.82) is 0 Å². The van der Waals surface area contributed by atoms with Crippen LogP contribution in [0.3, 0.4) is 0 Å². The van der Waals surface area contributed by atoms with Crippen molar-refractivity contribution < 1.29 is 67.6 Å². The monoisotopic (exact) mass is 1130 g/mol. The molecule has 0 bridgehead atoms. The molecular formula is C59H40BClF10O5S2. The molecule has 0 aliphatic carbocycles. The van der Waals surface area contributed by atoms with E-state index in [9.17, 15) is 13.6 Å². The van der Waals surface area contributed by atoms with Gasteiger partial charge in [-0.15, -0.1) is 0 Å². The maximum absolute atomic E-state index is 15.2. The molecule has 0 aliphatic rings. The molecule has 0 radical (unpaired) electrons. The third-order valence-corrected chi connectivity index (χ3v) is 16.3. The molecule has 0 saturated carbocycles. The van der Waals surface area contributed by atoms with Gasteiger partial charge in [-0.3, -0.25) is 4.79 Å². The van der Waals surface area contributed by atoms with E-state index in [2.05, 4.69) is 0 Å². The number of benzene rings is 9. The van der Waals surface area contributed by atoms with Crippen molar-refractivity contribution in [3.8, 4) is 23.0 Å². The van der Waals surface area contributed by atoms with E-state index in [4.69, 9.17) is 30.5 Å². The van der Waals surface area contributed by atoms with Crippen LogP contribution in [0, 0.1) is 58.2 Å². The zero-order chi connectivity index (χ0) is 56.0. The van der Waals surface area contributed by atoms with Crippen molar-refractivity contribution in [2.75, 3.05) is 28.4 Å².